The Morgan fingerprint density at radius 3 is 2.30 bits per heavy atom. The summed E-state index contributed by atoms with van der Waals surface area (Å²) in [4.78, 5) is 8.87. The highest BCUT2D eigenvalue weighted by molar-refractivity contribution is 5.74. The zero-order valence-corrected chi connectivity index (χ0v) is 11.9. The van der Waals surface area contributed by atoms with Crippen molar-refractivity contribution >= 4 is 5.57 Å². The van der Waals surface area contributed by atoms with E-state index in [0.717, 1.165) is 22.5 Å². The number of hydrogen-bond donors (Lipinski definition) is 0. The van der Waals surface area contributed by atoms with Crippen LogP contribution in [0.1, 0.15) is 16.7 Å². The normalized spacial score (nSPS) is 11.2. The Morgan fingerprint density at radius 1 is 1.05 bits per heavy atom. The molecule has 0 radical (unpaired) electrons. The first-order chi connectivity index (χ1) is 9.65. The first-order valence-electron chi connectivity index (χ1n) is 6.51. The van der Waals surface area contributed by atoms with Crippen LogP contribution in [0.2, 0.25) is 0 Å². The van der Waals surface area contributed by atoms with E-state index in [4.69, 9.17) is 0 Å². The summed E-state index contributed by atoms with van der Waals surface area (Å²) in [7, 11) is 0. The van der Waals surface area contributed by atoms with Crippen molar-refractivity contribution in [3.05, 3.63) is 78.7 Å². The molecule has 0 saturated carbocycles. The van der Waals surface area contributed by atoms with E-state index in [9.17, 15) is 0 Å². The van der Waals surface area contributed by atoms with Gasteiger partial charge in [-0.1, -0.05) is 43.5 Å². The van der Waals surface area contributed by atoms with E-state index in [1.54, 1.807) is 12.2 Å². The molecule has 0 aliphatic heterocycles. The zero-order chi connectivity index (χ0) is 14.5. The van der Waals surface area contributed by atoms with Crippen LogP contribution in [0, 0.1) is 13.8 Å². The van der Waals surface area contributed by atoms with Crippen molar-refractivity contribution in [1.82, 2.24) is 9.97 Å². The Bertz CT molecular complexity index is 664. The third kappa shape index (κ3) is 2.91. The molecular formula is C18H18N2. The minimum atomic E-state index is 0.735. The highest BCUT2D eigenvalue weighted by Gasteiger charge is 2.04. The smallest absolute Gasteiger partial charge is 0.159 e. The van der Waals surface area contributed by atoms with Crippen molar-refractivity contribution in [2.45, 2.75) is 13.8 Å². The highest BCUT2D eigenvalue weighted by atomic mass is 14.9. The maximum atomic E-state index is 4.44. The molecule has 2 nitrogen and oxygen atoms in total. The second-order valence-corrected chi connectivity index (χ2v) is 4.66. The summed E-state index contributed by atoms with van der Waals surface area (Å²) < 4.78 is 0. The lowest BCUT2D eigenvalue weighted by Crippen LogP contribution is -1.92. The van der Waals surface area contributed by atoms with Gasteiger partial charge >= 0.3 is 0 Å². The van der Waals surface area contributed by atoms with Crippen molar-refractivity contribution in [3.63, 3.8) is 0 Å². The lowest BCUT2D eigenvalue weighted by Gasteiger charge is -2.05. The minimum Gasteiger partial charge on any atom is -0.236 e. The van der Waals surface area contributed by atoms with Crippen LogP contribution in [0.15, 0.2) is 62.0 Å². The van der Waals surface area contributed by atoms with Gasteiger partial charge in [-0.05, 0) is 36.6 Å². The van der Waals surface area contributed by atoms with Gasteiger partial charge in [0.25, 0.3) is 0 Å². The highest BCUT2D eigenvalue weighted by Crippen LogP contribution is 2.20. The first kappa shape index (κ1) is 13.9. The number of benzene rings is 1. The summed E-state index contributed by atoms with van der Waals surface area (Å²) in [5.74, 6) is 0.735. The Hall–Kier alpha value is -2.48. The number of aryl methyl sites for hydroxylation is 2. The van der Waals surface area contributed by atoms with Gasteiger partial charge in [0, 0.05) is 23.5 Å². The quantitative estimate of drug-likeness (QED) is 0.757. The number of hydrogen-bond acceptors (Lipinski definition) is 2. The summed E-state index contributed by atoms with van der Waals surface area (Å²) in [6.07, 6.45) is 9.02. The molecule has 1 heterocycles. The largest absolute Gasteiger partial charge is 0.236 e. The summed E-state index contributed by atoms with van der Waals surface area (Å²) >= 11 is 0. The van der Waals surface area contributed by atoms with Gasteiger partial charge in [0.05, 0.1) is 0 Å². The fourth-order valence-corrected chi connectivity index (χ4v) is 1.92. The van der Waals surface area contributed by atoms with Crippen molar-refractivity contribution in [1.29, 1.82) is 0 Å². The Balaban J connectivity index is 2.36. The van der Waals surface area contributed by atoms with Crippen LogP contribution in [0.3, 0.4) is 0 Å². The van der Waals surface area contributed by atoms with E-state index in [-0.39, 0.29) is 0 Å². The number of allylic oxidation sites excluding steroid dienone is 4. The zero-order valence-electron chi connectivity index (χ0n) is 11.9. The predicted molar refractivity (Wildman–Crippen MR) is 85.3 cm³/mol. The molecule has 0 fully saturated rings. The Labute approximate surface area is 120 Å². The lowest BCUT2D eigenvalue weighted by molar-refractivity contribution is 1.16. The van der Waals surface area contributed by atoms with Gasteiger partial charge in [-0.15, -0.1) is 0 Å². The van der Waals surface area contributed by atoms with E-state index < -0.39 is 0 Å². The molecule has 1 aromatic carbocycles. The molecule has 1 aromatic heterocycles. The van der Waals surface area contributed by atoms with Crippen LogP contribution in [-0.4, -0.2) is 9.97 Å². The molecule has 0 N–H and O–H groups in total. The maximum Gasteiger partial charge on any atom is 0.159 e. The number of aromatic nitrogens is 2. The molecule has 2 aromatic rings. The average molecular weight is 262 g/mol. The third-order valence-electron chi connectivity index (χ3n) is 3.27. The Kier molecular flexibility index (Phi) is 4.26. The molecule has 0 amide bonds. The second kappa shape index (κ2) is 6.11. The molecule has 0 aliphatic carbocycles. The lowest BCUT2D eigenvalue weighted by atomic mass is 10.1. The van der Waals surface area contributed by atoms with Crippen LogP contribution in [0.5, 0.6) is 0 Å². The van der Waals surface area contributed by atoms with Gasteiger partial charge in [0.2, 0.25) is 0 Å². The van der Waals surface area contributed by atoms with E-state index in [2.05, 4.69) is 49.1 Å². The SMILES string of the molecule is C=CC=C(C=C)c1cnc(-c2ccc(C)c(C)c2)nc1. The van der Waals surface area contributed by atoms with E-state index in [1.165, 1.54) is 11.1 Å². The fraction of sp³-hybridized carbons (Fsp3) is 0.111. The molecule has 2 rings (SSSR count). The average Bonchev–Trinajstić information content (AvgIpc) is 2.48. The maximum absolute atomic E-state index is 4.44. The van der Waals surface area contributed by atoms with Crippen LogP contribution >= 0.6 is 0 Å². The van der Waals surface area contributed by atoms with Crippen molar-refractivity contribution < 1.29 is 0 Å². The molecule has 0 spiro atoms. The van der Waals surface area contributed by atoms with Crippen molar-refractivity contribution in [2.75, 3.05) is 0 Å². The molecule has 0 bridgehead atoms. The third-order valence-corrected chi connectivity index (χ3v) is 3.27. The monoisotopic (exact) mass is 262 g/mol. The molecular weight excluding hydrogens is 244 g/mol. The van der Waals surface area contributed by atoms with Crippen LogP contribution < -0.4 is 0 Å². The van der Waals surface area contributed by atoms with Gasteiger partial charge in [0.15, 0.2) is 5.82 Å². The molecule has 0 atom stereocenters. The summed E-state index contributed by atoms with van der Waals surface area (Å²) in [5, 5.41) is 0. The van der Waals surface area contributed by atoms with Gasteiger partial charge in [-0.3, -0.25) is 0 Å². The van der Waals surface area contributed by atoms with Gasteiger partial charge in [-0.25, -0.2) is 9.97 Å². The van der Waals surface area contributed by atoms with Crippen LogP contribution in [-0.2, 0) is 0 Å². The fourth-order valence-electron chi connectivity index (χ4n) is 1.92. The van der Waals surface area contributed by atoms with Gasteiger partial charge < -0.3 is 0 Å². The van der Waals surface area contributed by atoms with Gasteiger partial charge in [-0.2, -0.15) is 0 Å². The van der Waals surface area contributed by atoms with Crippen molar-refractivity contribution in [2.24, 2.45) is 0 Å². The van der Waals surface area contributed by atoms with Gasteiger partial charge in [0.1, 0.15) is 0 Å². The summed E-state index contributed by atoms with van der Waals surface area (Å²) in [6.45, 7) is 11.7. The first-order valence-corrected chi connectivity index (χ1v) is 6.51. The Morgan fingerprint density at radius 2 is 1.75 bits per heavy atom. The van der Waals surface area contributed by atoms with E-state index >= 15 is 0 Å². The van der Waals surface area contributed by atoms with Crippen LogP contribution in [0.25, 0.3) is 17.0 Å². The molecule has 100 valence electrons. The summed E-state index contributed by atoms with van der Waals surface area (Å²) in [6, 6.07) is 6.25. The molecule has 0 aliphatic rings. The second-order valence-electron chi connectivity index (χ2n) is 4.66. The molecule has 20 heavy (non-hydrogen) atoms. The van der Waals surface area contributed by atoms with Crippen molar-refractivity contribution in [3.8, 4) is 11.4 Å². The molecule has 0 saturated heterocycles. The van der Waals surface area contributed by atoms with E-state index in [1.807, 2.05) is 24.5 Å². The molecule has 0 unspecified atom stereocenters. The van der Waals surface area contributed by atoms with Crippen LogP contribution in [0.4, 0.5) is 0 Å². The molecule has 2 heteroatoms. The minimum absolute atomic E-state index is 0.735. The topological polar surface area (TPSA) is 25.8 Å². The number of nitrogens with zero attached hydrogens (tertiary/aromatic N) is 2. The predicted octanol–water partition coefficient (Wildman–Crippen LogP) is 4.52. The summed E-state index contributed by atoms with van der Waals surface area (Å²) in [5.41, 5.74) is 5.45. The number of rotatable bonds is 4. The standard InChI is InChI=1S/C18H18N2/c1-5-7-15(6-2)17-11-19-18(20-12-17)16-9-8-13(3)14(4)10-16/h5-12H,1-2H2,3-4H3. The van der Waals surface area contributed by atoms with E-state index in [0.29, 0.717) is 0 Å².